The van der Waals surface area contributed by atoms with Crippen LogP contribution in [0, 0.1) is 0 Å². The van der Waals surface area contributed by atoms with Crippen LogP contribution in [0.2, 0.25) is 0 Å². The second-order valence-corrected chi connectivity index (χ2v) is 4.25. The summed E-state index contributed by atoms with van der Waals surface area (Å²) in [5.74, 6) is 0.744. The van der Waals surface area contributed by atoms with E-state index in [0.717, 1.165) is 10.3 Å². The Morgan fingerprint density at radius 3 is 2.71 bits per heavy atom. The maximum atomic E-state index is 12.7. The van der Waals surface area contributed by atoms with Crippen molar-refractivity contribution in [3.63, 3.8) is 0 Å². The lowest BCUT2D eigenvalue weighted by molar-refractivity contribution is 0.0668. The van der Waals surface area contributed by atoms with Crippen LogP contribution in [0.5, 0.6) is 0 Å². The van der Waals surface area contributed by atoms with Crippen LogP contribution >= 0.6 is 0 Å². The van der Waals surface area contributed by atoms with Gasteiger partial charge in [-0.05, 0) is 6.07 Å². The highest BCUT2D eigenvalue weighted by atomic mass is 19.3. The predicted octanol–water partition coefficient (Wildman–Crippen LogP) is 0.877. The molecule has 9 heteroatoms. The highest BCUT2D eigenvalue weighted by Gasteiger charge is 2.11. The molecular formula is C12H17F2N7. The van der Waals surface area contributed by atoms with Gasteiger partial charge in [0.2, 0.25) is 0 Å². The summed E-state index contributed by atoms with van der Waals surface area (Å²) in [6.07, 6.45) is 4.29. The van der Waals surface area contributed by atoms with Gasteiger partial charge in [-0.15, -0.1) is 0 Å². The Labute approximate surface area is 120 Å². The number of rotatable bonds is 5. The summed E-state index contributed by atoms with van der Waals surface area (Å²) in [6, 6.07) is 1.88. The van der Waals surface area contributed by atoms with E-state index < -0.39 is 6.55 Å². The molecule has 7 nitrogen and oxygen atoms in total. The molecule has 0 aliphatic rings. The van der Waals surface area contributed by atoms with Gasteiger partial charge < -0.3 is 10.6 Å². The molecule has 0 saturated carbocycles. The monoisotopic (exact) mass is 297 g/mol. The minimum atomic E-state index is -2.60. The number of nitrogens with zero attached hydrogens (tertiary/aromatic N) is 5. The molecule has 21 heavy (non-hydrogen) atoms. The van der Waals surface area contributed by atoms with Crippen LogP contribution in [0.4, 0.5) is 8.78 Å². The van der Waals surface area contributed by atoms with E-state index in [9.17, 15) is 8.78 Å². The minimum Gasteiger partial charge on any atom is -0.351 e. The zero-order valence-corrected chi connectivity index (χ0v) is 11.8. The molecule has 2 aromatic rings. The molecule has 0 aliphatic carbocycles. The molecule has 114 valence electrons. The molecule has 0 fully saturated rings. The first-order chi connectivity index (χ1) is 10.1. The average molecular weight is 297 g/mol. The van der Waals surface area contributed by atoms with Gasteiger partial charge in [-0.3, -0.25) is 14.2 Å². The molecule has 0 amide bonds. The molecule has 0 radical (unpaired) electrons. The van der Waals surface area contributed by atoms with Crippen molar-refractivity contribution in [1.82, 2.24) is 30.0 Å². The quantitative estimate of drug-likeness (QED) is 0.635. The second-order valence-electron chi connectivity index (χ2n) is 4.25. The van der Waals surface area contributed by atoms with Crippen molar-refractivity contribution in [3.05, 3.63) is 36.2 Å². The van der Waals surface area contributed by atoms with E-state index >= 15 is 0 Å². The molecule has 0 spiro atoms. The van der Waals surface area contributed by atoms with E-state index in [-0.39, 0.29) is 12.4 Å². The van der Waals surface area contributed by atoms with Crippen molar-refractivity contribution in [2.24, 2.45) is 12.0 Å². The predicted molar refractivity (Wildman–Crippen MR) is 73.7 cm³/mol. The Balaban J connectivity index is 1.88. The van der Waals surface area contributed by atoms with Gasteiger partial charge in [-0.2, -0.15) is 13.9 Å². The van der Waals surface area contributed by atoms with Gasteiger partial charge in [0.25, 0.3) is 0 Å². The standard InChI is InChI=1S/C12H17F2N7/c1-15-12(17-7-9-3-4-19-20(9)2)18-8-10-16-5-6-21(10)11(13)14/h3-6,11H,7-8H2,1-2H3,(H2,15,17,18). The van der Waals surface area contributed by atoms with Crippen molar-refractivity contribution in [1.29, 1.82) is 0 Å². The van der Waals surface area contributed by atoms with E-state index in [1.165, 1.54) is 12.4 Å². The van der Waals surface area contributed by atoms with Crippen LogP contribution in [0.25, 0.3) is 0 Å². The van der Waals surface area contributed by atoms with Crippen molar-refractivity contribution in [3.8, 4) is 0 Å². The number of aliphatic imine (C=N–C) groups is 1. The summed E-state index contributed by atoms with van der Waals surface area (Å²) in [5.41, 5.74) is 0.979. The Kier molecular flexibility index (Phi) is 4.85. The maximum Gasteiger partial charge on any atom is 0.319 e. The van der Waals surface area contributed by atoms with Crippen LogP contribution in [-0.2, 0) is 20.1 Å². The van der Waals surface area contributed by atoms with Gasteiger partial charge in [-0.1, -0.05) is 0 Å². The smallest absolute Gasteiger partial charge is 0.319 e. The number of hydrogen-bond acceptors (Lipinski definition) is 3. The molecule has 0 aliphatic heterocycles. The minimum absolute atomic E-state index is 0.155. The fourth-order valence-electron chi connectivity index (χ4n) is 1.79. The SMILES string of the molecule is CN=C(NCc1nccn1C(F)F)NCc1ccnn1C. The lowest BCUT2D eigenvalue weighted by Crippen LogP contribution is -2.37. The third-order valence-electron chi connectivity index (χ3n) is 2.96. The first-order valence-corrected chi connectivity index (χ1v) is 6.33. The Hall–Kier alpha value is -2.45. The molecule has 0 atom stereocenters. The first-order valence-electron chi connectivity index (χ1n) is 6.33. The van der Waals surface area contributed by atoms with Crippen molar-refractivity contribution in [2.45, 2.75) is 19.6 Å². The maximum absolute atomic E-state index is 12.7. The van der Waals surface area contributed by atoms with E-state index in [1.807, 2.05) is 13.1 Å². The largest absolute Gasteiger partial charge is 0.351 e. The summed E-state index contributed by atoms with van der Waals surface area (Å²) in [6.45, 7) is -1.92. The number of alkyl halides is 2. The number of aryl methyl sites for hydroxylation is 1. The highest BCUT2D eigenvalue weighted by molar-refractivity contribution is 5.79. The average Bonchev–Trinajstić information content (AvgIpc) is 3.08. The molecule has 2 aromatic heterocycles. The summed E-state index contributed by atoms with van der Waals surface area (Å²) in [7, 11) is 3.45. The molecular weight excluding hydrogens is 280 g/mol. The van der Waals surface area contributed by atoms with Gasteiger partial charge in [-0.25, -0.2) is 4.98 Å². The van der Waals surface area contributed by atoms with Gasteiger partial charge in [0.1, 0.15) is 5.82 Å². The number of halogens is 2. The third-order valence-corrected chi connectivity index (χ3v) is 2.96. The van der Waals surface area contributed by atoms with Crippen LogP contribution in [-0.4, -0.2) is 32.3 Å². The lowest BCUT2D eigenvalue weighted by atomic mass is 10.4. The van der Waals surface area contributed by atoms with E-state index in [4.69, 9.17) is 0 Å². The lowest BCUT2D eigenvalue weighted by Gasteiger charge is -2.12. The van der Waals surface area contributed by atoms with Gasteiger partial charge in [0.05, 0.1) is 18.8 Å². The fourth-order valence-corrected chi connectivity index (χ4v) is 1.79. The zero-order chi connectivity index (χ0) is 15.2. The van der Waals surface area contributed by atoms with Crippen molar-refractivity contribution >= 4 is 5.96 Å². The topological polar surface area (TPSA) is 72.1 Å². The molecule has 2 N–H and O–H groups in total. The second kappa shape index (κ2) is 6.82. The van der Waals surface area contributed by atoms with Crippen LogP contribution in [0.1, 0.15) is 18.1 Å². The Morgan fingerprint density at radius 2 is 2.10 bits per heavy atom. The van der Waals surface area contributed by atoms with Crippen LogP contribution < -0.4 is 10.6 Å². The van der Waals surface area contributed by atoms with E-state index in [1.54, 1.807) is 17.9 Å². The van der Waals surface area contributed by atoms with Crippen LogP contribution in [0.15, 0.2) is 29.6 Å². The molecule has 0 bridgehead atoms. The zero-order valence-electron chi connectivity index (χ0n) is 11.8. The summed E-state index contributed by atoms with van der Waals surface area (Å²) in [4.78, 5) is 7.92. The summed E-state index contributed by atoms with van der Waals surface area (Å²) < 4.78 is 27.9. The van der Waals surface area contributed by atoms with Gasteiger partial charge in [0, 0.05) is 32.7 Å². The number of hydrogen-bond donors (Lipinski definition) is 2. The number of nitrogens with one attached hydrogen (secondary N) is 2. The Bertz CT molecular complexity index is 602. The van der Waals surface area contributed by atoms with Gasteiger partial charge >= 0.3 is 6.55 Å². The molecule has 2 heterocycles. The van der Waals surface area contributed by atoms with E-state index in [0.29, 0.717) is 12.5 Å². The summed E-state index contributed by atoms with van der Waals surface area (Å²) >= 11 is 0. The van der Waals surface area contributed by atoms with E-state index in [2.05, 4.69) is 25.7 Å². The van der Waals surface area contributed by atoms with Gasteiger partial charge in [0.15, 0.2) is 5.96 Å². The molecule has 0 saturated heterocycles. The van der Waals surface area contributed by atoms with Crippen LogP contribution in [0.3, 0.4) is 0 Å². The molecule has 2 rings (SSSR count). The summed E-state index contributed by atoms with van der Waals surface area (Å²) in [5, 5.41) is 10.1. The highest BCUT2D eigenvalue weighted by Crippen LogP contribution is 2.11. The molecule has 0 aromatic carbocycles. The molecule has 0 unspecified atom stereocenters. The Morgan fingerprint density at radius 1 is 1.33 bits per heavy atom. The van der Waals surface area contributed by atoms with Crippen molar-refractivity contribution < 1.29 is 8.78 Å². The fraction of sp³-hybridized carbons (Fsp3) is 0.417. The number of guanidine groups is 1. The third kappa shape index (κ3) is 3.77. The number of imidazole rings is 1. The number of aromatic nitrogens is 4. The van der Waals surface area contributed by atoms with Crippen molar-refractivity contribution in [2.75, 3.05) is 7.05 Å². The first kappa shape index (κ1) is 14.9. The normalized spacial score (nSPS) is 12.0.